The molecule has 0 amide bonds. The van der Waals surface area contributed by atoms with Crippen LogP contribution in [0.25, 0.3) is 11.1 Å². The van der Waals surface area contributed by atoms with Crippen LogP contribution in [0.4, 0.5) is 4.39 Å². The topological polar surface area (TPSA) is 44.4 Å². The van der Waals surface area contributed by atoms with Crippen molar-refractivity contribution >= 4 is 33.7 Å². The number of ether oxygens (including phenoxy) is 1. The number of rotatable bonds is 3. The number of oxazole rings is 1. The van der Waals surface area contributed by atoms with Crippen molar-refractivity contribution in [1.29, 1.82) is 0 Å². The number of benzene rings is 2. The quantitative estimate of drug-likeness (QED) is 0.635. The van der Waals surface area contributed by atoms with Crippen molar-refractivity contribution in [3.05, 3.63) is 61.9 Å². The largest absolute Gasteiger partial charge is 0.494 e. The summed E-state index contributed by atoms with van der Waals surface area (Å²) >= 11 is 2.15. The lowest BCUT2D eigenvalue weighted by Gasteiger charge is -2.07. The molecule has 3 rings (SSSR count). The van der Waals surface area contributed by atoms with Gasteiger partial charge in [-0.15, -0.1) is 0 Å². The Morgan fingerprint density at radius 2 is 2.14 bits per heavy atom. The van der Waals surface area contributed by atoms with E-state index in [0.717, 1.165) is 3.57 Å². The predicted octanol–water partition coefficient (Wildman–Crippen LogP) is 3.40. The lowest BCUT2D eigenvalue weighted by molar-refractivity contribution is 0.383. The van der Waals surface area contributed by atoms with Crippen molar-refractivity contribution in [1.82, 2.24) is 4.57 Å². The van der Waals surface area contributed by atoms with E-state index in [1.54, 1.807) is 18.2 Å². The van der Waals surface area contributed by atoms with Gasteiger partial charge < -0.3 is 9.15 Å². The molecule has 0 bridgehead atoms. The Bertz CT molecular complexity index is 869. The second kappa shape index (κ2) is 5.51. The minimum atomic E-state index is -0.505. The van der Waals surface area contributed by atoms with Crippen LogP contribution in [0.5, 0.6) is 5.75 Å². The number of aromatic nitrogens is 1. The summed E-state index contributed by atoms with van der Waals surface area (Å²) in [5, 5.41) is 0. The lowest BCUT2D eigenvalue weighted by Crippen LogP contribution is -2.15. The molecule has 0 atom stereocenters. The Morgan fingerprint density at radius 3 is 2.90 bits per heavy atom. The summed E-state index contributed by atoms with van der Waals surface area (Å²) in [6.45, 7) is 0.0922. The molecule has 0 fully saturated rings. The first kappa shape index (κ1) is 14.1. The first-order valence-electron chi connectivity index (χ1n) is 6.20. The van der Waals surface area contributed by atoms with Crippen molar-refractivity contribution in [2.24, 2.45) is 0 Å². The van der Waals surface area contributed by atoms with Gasteiger partial charge in [-0.1, -0.05) is 12.1 Å². The molecule has 0 N–H and O–H groups in total. The summed E-state index contributed by atoms with van der Waals surface area (Å²) in [5.41, 5.74) is 1.51. The molecule has 0 saturated carbocycles. The van der Waals surface area contributed by atoms with E-state index < -0.39 is 11.6 Å². The van der Waals surface area contributed by atoms with Gasteiger partial charge >= 0.3 is 5.76 Å². The highest BCUT2D eigenvalue weighted by Crippen LogP contribution is 2.22. The number of hydrogen-bond acceptors (Lipinski definition) is 3. The summed E-state index contributed by atoms with van der Waals surface area (Å²) in [6.07, 6.45) is 0. The van der Waals surface area contributed by atoms with Crippen LogP contribution >= 0.6 is 22.6 Å². The summed E-state index contributed by atoms with van der Waals surface area (Å²) in [7, 11) is 1.41. The zero-order chi connectivity index (χ0) is 15.0. The van der Waals surface area contributed by atoms with Gasteiger partial charge in [-0.3, -0.25) is 4.57 Å². The standard InChI is InChI=1S/C15H11FINO3/c1-20-13-4-2-3-9(14(13)16)8-18-11-7-10(17)5-6-12(11)21-15(18)19/h2-7H,8H2,1H3. The maximum Gasteiger partial charge on any atom is 0.420 e. The fourth-order valence-electron chi connectivity index (χ4n) is 2.19. The van der Waals surface area contributed by atoms with E-state index in [9.17, 15) is 9.18 Å². The molecular formula is C15H11FINO3. The molecule has 108 valence electrons. The van der Waals surface area contributed by atoms with Gasteiger partial charge in [-0.2, -0.15) is 0 Å². The van der Waals surface area contributed by atoms with E-state index in [1.165, 1.54) is 17.7 Å². The van der Waals surface area contributed by atoms with Crippen LogP contribution < -0.4 is 10.5 Å². The third-order valence-corrected chi connectivity index (χ3v) is 3.89. The predicted molar refractivity (Wildman–Crippen MR) is 85.2 cm³/mol. The van der Waals surface area contributed by atoms with E-state index in [2.05, 4.69) is 22.6 Å². The Labute approximate surface area is 133 Å². The first-order valence-corrected chi connectivity index (χ1v) is 7.28. The molecule has 0 aliphatic heterocycles. The van der Waals surface area contributed by atoms with Crippen molar-refractivity contribution in [2.75, 3.05) is 7.11 Å². The van der Waals surface area contributed by atoms with E-state index >= 15 is 0 Å². The second-order valence-electron chi connectivity index (χ2n) is 4.50. The monoisotopic (exact) mass is 399 g/mol. The maximum atomic E-state index is 14.2. The first-order chi connectivity index (χ1) is 10.1. The van der Waals surface area contributed by atoms with Crippen LogP contribution in [0.2, 0.25) is 0 Å². The van der Waals surface area contributed by atoms with E-state index in [1.807, 2.05) is 12.1 Å². The molecule has 21 heavy (non-hydrogen) atoms. The van der Waals surface area contributed by atoms with Gasteiger partial charge in [0.05, 0.1) is 19.2 Å². The third-order valence-electron chi connectivity index (χ3n) is 3.22. The number of hydrogen-bond donors (Lipinski definition) is 0. The average Bonchev–Trinajstić information content (AvgIpc) is 2.77. The molecule has 0 unspecified atom stereocenters. The molecule has 3 aromatic rings. The molecule has 1 aromatic heterocycles. The van der Waals surface area contributed by atoms with Gasteiger partial charge in [-0.25, -0.2) is 9.18 Å². The van der Waals surface area contributed by atoms with Crippen LogP contribution in [0.3, 0.4) is 0 Å². The molecular weight excluding hydrogens is 388 g/mol. The Morgan fingerprint density at radius 1 is 1.33 bits per heavy atom. The van der Waals surface area contributed by atoms with Crippen molar-refractivity contribution in [3.63, 3.8) is 0 Å². The molecule has 1 heterocycles. The van der Waals surface area contributed by atoms with Crippen LogP contribution in [0.15, 0.2) is 45.6 Å². The van der Waals surface area contributed by atoms with Crippen molar-refractivity contribution in [3.8, 4) is 5.75 Å². The highest BCUT2D eigenvalue weighted by Gasteiger charge is 2.14. The minimum absolute atomic E-state index is 0.0922. The summed E-state index contributed by atoms with van der Waals surface area (Å²) in [4.78, 5) is 12.0. The summed E-state index contributed by atoms with van der Waals surface area (Å²) in [5.74, 6) is -0.816. The number of fused-ring (bicyclic) bond motifs is 1. The number of methoxy groups -OCH3 is 1. The van der Waals surface area contributed by atoms with Crippen LogP contribution in [-0.2, 0) is 6.54 Å². The molecule has 2 aromatic carbocycles. The van der Waals surface area contributed by atoms with Crippen LogP contribution in [0.1, 0.15) is 5.56 Å². The zero-order valence-electron chi connectivity index (χ0n) is 11.1. The second-order valence-corrected chi connectivity index (χ2v) is 5.75. The molecule has 0 aliphatic carbocycles. The minimum Gasteiger partial charge on any atom is -0.494 e. The fourth-order valence-corrected chi connectivity index (χ4v) is 2.67. The molecule has 0 radical (unpaired) electrons. The molecule has 0 spiro atoms. The van der Waals surface area contributed by atoms with E-state index in [0.29, 0.717) is 16.7 Å². The summed E-state index contributed by atoms with van der Waals surface area (Å²) < 4.78 is 26.7. The SMILES string of the molecule is COc1cccc(Cn2c(=O)oc3ccc(I)cc32)c1F. The van der Waals surface area contributed by atoms with Crippen LogP contribution in [0, 0.1) is 9.39 Å². The highest BCUT2D eigenvalue weighted by atomic mass is 127. The molecule has 0 saturated heterocycles. The highest BCUT2D eigenvalue weighted by molar-refractivity contribution is 14.1. The Kier molecular flexibility index (Phi) is 3.71. The average molecular weight is 399 g/mol. The number of halogens is 2. The normalized spacial score (nSPS) is 11.0. The van der Waals surface area contributed by atoms with Gasteiger partial charge in [0.1, 0.15) is 0 Å². The fraction of sp³-hybridized carbons (Fsp3) is 0.133. The van der Waals surface area contributed by atoms with Gasteiger partial charge in [0, 0.05) is 9.13 Å². The van der Waals surface area contributed by atoms with E-state index in [4.69, 9.17) is 9.15 Å². The Hall–Kier alpha value is -1.83. The van der Waals surface area contributed by atoms with Crippen molar-refractivity contribution in [2.45, 2.75) is 6.54 Å². The lowest BCUT2D eigenvalue weighted by atomic mass is 10.2. The summed E-state index contributed by atoms with van der Waals surface area (Å²) in [6, 6.07) is 10.3. The number of nitrogens with zero attached hydrogens (tertiary/aromatic N) is 1. The van der Waals surface area contributed by atoms with Gasteiger partial charge in [0.25, 0.3) is 0 Å². The van der Waals surface area contributed by atoms with Gasteiger partial charge in [-0.05, 0) is 46.9 Å². The van der Waals surface area contributed by atoms with Gasteiger partial charge in [0.2, 0.25) is 0 Å². The molecule has 6 heteroatoms. The van der Waals surface area contributed by atoms with E-state index in [-0.39, 0.29) is 12.3 Å². The third kappa shape index (κ3) is 2.55. The van der Waals surface area contributed by atoms with Gasteiger partial charge in [0.15, 0.2) is 17.1 Å². The molecule has 0 aliphatic rings. The molecule has 4 nitrogen and oxygen atoms in total. The van der Waals surface area contributed by atoms with Crippen molar-refractivity contribution < 1.29 is 13.5 Å². The smallest absolute Gasteiger partial charge is 0.420 e. The zero-order valence-corrected chi connectivity index (χ0v) is 13.3. The Balaban J connectivity index is 2.12. The maximum absolute atomic E-state index is 14.2. The van der Waals surface area contributed by atoms with Crippen LogP contribution in [-0.4, -0.2) is 11.7 Å².